The molecular formula is C27H42O5. The molecule has 5 heteroatoms. The lowest BCUT2D eigenvalue weighted by Gasteiger charge is -2.56. The van der Waals surface area contributed by atoms with E-state index in [2.05, 4.69) is 27.7 Å². The Morgan fingerprint density at radius 3 is 2.47 bits per heavy atom. The summed E-state index contributed by atoms with van der Waals surface area (Å²) in [5, 5.41) is 43.0. The second-order valence-corrected chi connectivity index (χ2v) is 12.3. The van der Waals surface area contributed by atoms with Crippen LogP contribution in [0.2, 0.25) is 0 Å². The zero-order valence-electron chi connectivity index (χ0n) is 20.3. The molecule has 0 spiro atoms. The zero-order chi connectivity index (χ0) is 23.6. The molecule has 0 aromatic carbocycles. The molecule has 0 bridgehead atoms. The summed E-state index contributed by atoms with van der Waals surface area (Å²) >= 11 is 0. The van der Waals surface area contributed by atoms with Crippen molar-refractivity contribution in [1.82, 2.24) is 0 Å². The van der Waals surface area contributed by atoms with Crippen molar-refractivity contribution in [2.24, 2.45) is 34.5 Å². The predicted molar refractivity (Wildman–Crippen MR) is 124 cm³/mol. The van der Waals surface area contributed by atoms with Gasteiger partial charge in [-0.05, 0) is 93.1 Å². The van der Waals surface area contributed by atoms with Gasteiger partial charge in [0.2, 0.25) is 0 Å². The molecule has 0 saturated heterocycles. The number of fused-ring (bicyclic) bond motifs is 5. The summed E-state index contributed by atoms with van der Waals surface area (Å²) in [5.74, 6) is 0.778. The van der Waals surface area contributed by atoms with E-state index < -0.39 is 29.3 Å². The first-order valence-corrected chi connectivity index (χ1v) is 12.6. The predicted octanol–water partition coefficient (Wildman–Crippen LogP) is 3.54. The number of carbonyl (C=O) groups excluding carboxylic acids is 1. The summed E-state index contributed by atoms with van der Waals surface area (Å²) < 4.78 is 0. The van der Waals surface area contributed by atoms with E-state index in [9.17, 15) is 25.2 Å². The van der Waals surface area contributed by atoms with Crippen molar-refractivity contribution in [3.63, 3.8) is 0 Å². The minimum Gasteiger partial charge on any atom is -0.390 e. The largest absolute Gasteiger partial charge is 0.390 e. The number of ketones is 1. The molecule has 0 radical (unpaired) electrons. The van der Waals surface area contributed by atoms with Crippen molar-refractivity contribution in [1.29, 1.82) is 0 Å². The molecule has 0 aromatic rings. The lowest BCUT2D eigenvalue weighted by atomic mass is 9.49. The van der Waals surface area contributed by atoms with Crippen LogP contribution in [0.3, 0.4) is 0 Å². The fourth-order valence-electron chi connectivity index (χ4n) is 7.92. The van der Waals surface area contributed by atoms with E-state index in [0.717, 1.165) is 32.1 Å². The molecule has 0 aromatic heterocycles. The molecule has 32 heavy (non-hydrogen) atoms. The van der Waals surface area contributed by atoms with Gasteiger partial charge in [-0.2, -0.15) is 0 Å². The second-order valence-electron chi connectivity index (χ2n) is 12.3. The van der Waals surface area contributed by atoms with Crippen LogP contribution in [0.15, 0.2) is 23.3 Å². The third kappa shape index (κ3) is 3.55. The van der Waals surface area contributed by atoms with Crippen LogP contribution < -0.4 is 0 Å². The molecule has 2 saturated carbocycles. The molecule has 0 aliphatic heterocycles. The number of rotatable bonds is 5. The van der Waals surface area contributed by atoms with E-state index in [0.29, 0.717) is 24.3 Å². The molecule has 2 fully saturated rings. The highest BCUT2D eigenvalue weighted by molar-refractivity contribution is 6.07. The van der Waals surface area contributed by atoms with Gasteiger partial charge in [-0.1, -0.05) is 33.3 Å². The molecule has 0 heterocycles. The lowest BCUT2D eigenvalue weighted by Crippen LogP contribution is -2.55. The zero-order valence-corrected chi connectivity index (χ0v) is 20.3. The molecule has 4 rings (SSSR count). The molecule has 180 valence electrons. The number of aliphatic hydroxyl groups excluding tert-OH is 3. The van der Waals surface area contributed by atoms with E-state index in [1.54, 1.807) is 12.2 Å². The molecule has 0 amide bonds. The maximum atomic E-state index is 13.1. The summed E-state index contributed by atoms with van der Waals surface area (Å²) in [6.07, 6.45) is 6.22. The number of hydrogen-bond donors (Lipinski definition) is 4. The van der Waals surface area contributed by atoms with Crippen LogP contribution in [0.1, 0.15) is 79.6 Å². The maximum Gasteiger partial charge on any atom is 0.182 e. The van der Waals surface area contributed by atoms with E-state index in [-0.39, 0.29) is 29.0 Å². The molecule has 9 atom stereocenters. The lowest BCUT2D eigenvalue weighted by molar-refractivity contribution is -0.139. The third-order valence-electron chi connectivity index (χ3n) is 9.82. The van der Waals surface area contributed by atoms with Gasteiger partial charge in [0.15, 0.2) is 5.78 Å². The Labute approximate surface area is 192 Å². The fraction of sp³-hybridized carbons (Fsp3) is 0.815. The second kappa shape index (κ2) is 8.04. The first-order valence-electron chi connectivity index (χ1n) is 12.6. The average molecular weight is 447 g/mol. The molecule has 2 unspecified atom stereocenters. The van der Waals surface area contributed by atoms with Gasteiger partial charge in [0.1, 0.15) is 0 Å². The monoisotopic (exact) mass is 446 g/mol. The molecule has 4 aliphatic rings. The molecule has 4 N–H and O–H groups in total. The van der Waals surface area contributed by atoms with Gasteiger partial charge in [-0.3, -0.25) is 4.79 Å². The summed E-state index contributed by atoms with van der Waals surface area (Å²) in [4.78, 5) is 13.1. The van der Waals surface area contributed by atoms with E-state index in [1.165, 1.54) is 5.57 Å². The average Bonchev–Trinajstić information content (AvgIpc) is 3.06. The third-order valence-corrected chi connectivity index (χ3v) is 9.82. The van der Waals surface area contributed by atoms with Crippen molar-refractivity contribution in [2.75, 3.05) is 0 Å². The van der Waals surface area contributed by atoms with Crippen molar-refractivity contribution >= 4 is 5.78 Å². The topological polar surface area (TPSA) is 98.0 Å². The summed E-state index contributed by atoms with van der Waals surface area (Å²) in [6.45, 7) is 10.4. The van der Waals surface area contributed by atoms with Crippen molar-refractivity contribution in [2.45, 2.75) is 103 Å². The maximum absolute atomic E-state index is 13.1. The van der Waals surface area contributed by atoms with Gasteiger partial charge < -0.3 is 20.4 Å². The summed E-state index contributed by atoms with van der Waals surface area (Å²) in [5.41, 5.74) is 0.0264. The van der Waals surface area contributed by atoms with Gasteiger partial charge in [-0.25, -0.2) is 0 Å². The Morgan fingerprint density at radius 2 is 1.81 bits per heavy atom. The summed E-state index contributed by atoms with van der Waals surface area (Å²) in [6, 6.07) is 0. The van der Waals surface area contributed by atoms with Crippen molar-refractivity contribution in [3.05, 3.63) is 23.3 Å². The van der Waals surface area contributed by atoms with E-state index in [4.69, 9.17) is 0 Å². The van der Waals surface area contributed by atoms with Crippen LogP contribution in [0.5, 0.6) is 0 Å². The standard InChI is InChI=1S/C27H42O5/c1-15(2)6-9-24(31)27(5,32)23-8-7-17-16-12-20(28)19-13-21(29)22(30)14-26(19,4)18(16)10-11-25(17,23)3/h12-13,15,17-18,21-24,29-32H,6-11,14H2,1-5H3/t17?,18?,21-,22-,23-,24-,25-,26+,27+/m0/s1. The van der Waals surface area contributed by atoms with Crippen molar-refractivity contribution < 1.29 is 25.2 Å². The Morgan fingerprint density at radius 1 is 1.12 bits per heavy atom. The Balaban J connectivity index is 1.65. The number of carbonyl (C=O) groups is 1. The Kier molecular flexibility index (Phi) is 6.06. The smallest absolute Gasteiger partial charge is 0.182 e. The Bertz CT molecular complexity index is 826. The Hall–Kier alpha value is -1.01. The van der Waals surface area contributed by atoms with E-state index in [1.807, 2.05) is 6.92 Å². The molecular weight excluding hydrogens is 404 g/mol. The quantitative estimate of drug-likeness (QED) is 0.518. The molecule has 5 nitrogen and oxygen atoms in total. The highest BCUT2D eigenvalue weighted by Crippen LogP contribution is 2.66. The van der Waals surface area contributed by atoms with Crippen LogP contribution in [0.4, 0.5) is 0 Å². The highest BCUT2D eigenvalue weighted by atomic mass is 16.3. The van der Waals surface area contributed by atoms with Gasteiger partial charge in [0, 0.05) is 11.0 Å². The number of hydrogen-bond acceptors (Lipinski definition) is 5. The van der Waals surface area contributed by atoms with Crippen molar-refractivity contribution in [3.8, 4) is 0 Å². The minimum atomic E-state index is -1.16. The first-order chi connectivity index (χ1) is 14.8. The van der Waals surface area contributed by atoms with Crippen LogP contribution >= 0.6 is 0 Å². The van der Waals surface area contributed by atoms with Crippen LogP contribution in [-0.4, -0.2) is 50.1 Å². The van der Waals surface area contributed by atoms with Gasteiger partial charge in [0.05, 0.1) is 23.9 Å². The minimum absolute atomic E-state index is 0.0253. The van der Waals surface area contributed by atoms with E-state index >= 15 is 0 Å². The van der Waals surface area contributed by atoms with Crippen LogP contribution in [0, 0.1) is 34.5 Å². The fourth-order valence-corrected chi connectivity index (χ4v) is 7.92. The molecule has 4 aliphatic carbocycles. The number of allylic oxidation sites excluding steroid dienone is 3. The SMILES string of the molecule is CC(C)CC[C@H](O)[C@](C)(O)[C@H]1CCC2C3=CC(=O)C4=C[C@H](O)[C@@H](O)C[C@]4(C)C3CC[C@@]21C. The number of aliphatic hydroxyl groups is 4. The van der Waals surface area contributed by atoms with Gasteiger partial charge >= 0.3 is 0 Å². The normalized spacial score (nSPS) is 44.2. The summed E-state index contributed by atoms with van der Waals surface area (Å²) in [7, 11) is 0. The van der Waals surface area contributed by atoms with Crippen LogP contribution in [0.25, 0.3) is 0 Å². The van der Waals surface area contributed by atoms with Crippen LogP contribution in [-0.2, 0) is 4.79 Å². The first kappa shape index (κ1) is 24.1. The van der Waals surface area contributed by atoms with Gasteiger partial charge in [-0.15, -0.1) is 0 Å². The van der Waals surface area contributed by atoms with Gasteiger partial charge in [0.25, 0.3) is 0 Å². The highest BCUT2D eigenvalue weighted by Gasteiger charge is 2.61.